The molecule has 1 fully saturated rings. The quantitative estimate of drug-likeness (QED) is 0.868. The van der Waals surface area contributed by atoms with Crippen molar-refractivity contribution in [2.75, 3.05) is 20.8 Å². The molecule has 2 rings (SSSR count). The largest absolute Gasteiger partial charge is 0.496 e. The van der Waals surface area contributed by atoms with Crippen molar-refractivity contribution in [2.24, 2.45) is 0 Å². The number of esters is 1. The van der Waals surface area contributed by atoms with E-state index in [4.69, 9.17) is 9.47 Å². The molecule has 1 heterocycles. The van der Waals surface area contributed by atoms with E-state index in [-0.39, 0.29) is 30.3 Å². The summed E-state index contributed by atoms with van der Waals surface area (Å²) in [7, 11) is 3.06. The van der Waals surface area contributed by atoms with Crippen LogP contribution in [0.15, 0.2) is 24.3 Å². The summed E-state index contributed by atoms with van der Waals surface area (Å²) in [5, 5.41) is 3.43. The fraction of sp³-hybridized carbons (Fsp3) is 0.533. The smallest absolute Gasteiger partial charge is 0.314 e. The summed E-state index contributed by atoms with van der Waals surface area (Å²) in [5.41, 5.74) is 0.899. The summed E-state index contributed by atoms with van der Waals surface area (Å²) in [6.07, 6.45) is 3.29. The zero-order valence-electron chi connectivity index (χ0n) is 11.9. The Bertz CT molecular complexity index is 433. The van der Waals surface area contributed by atoms with Crippen LogP contribution in [-0.4, -0.2) is 32.8 Å². The number of carbonyl (C=O) groups is 1. The Balaban J connectivity index is 0.00000200. The third-order valence-electron chi connectivity index (χ3n) is 3.68. The van der Waals surface area contributed by atoms with Gasteiger partial charge < -0.3 is 14.8 Å². The summed E-state index contributed by atoms with van der Waals surface area (Å²) >= 11 is 0. The van der Waals surface area contributed by atoms with E-state index in [1.165, 1.54) is 7.11 Å². The van der Waals surface area contributed by atoms with Gasteiger partial charge in [0, 0.05) is 11.6 Å². The van der Waals surface area contributed by atoms with Crippen molar-refractivity contribution in [3.05, 3.63) is 29.8 Å². The zero-order valence-corrected chi connectivity index (χ0v) is 12.7. The monoisotopic (exact) mass is 299 g/mol. The van der Waals surface area contributed by atoms with Crippen LogP contribution in [0.3, 0.4) is 0 Å². The molecule has 2 atom stereocenters. The Labute approximate surface area is 126 Å². The van der Waals surface area contributed by atoms with Crippen molar-refractivity contribution < 1.29 is 14.3 Å². The summed E-state index contributed by atoms with van der Waals surface area (Å²) in [4.78, 5) is 12.2. The molecule has 0 aliphatic carbocycles. The van der Waals surface area contributed by atoms with Crippen LogP contribution in [0.1, 0.15) is 30.7 Å². The van der Waals surface area contributed by atoms with Crippen LogP contribution in [0.25, 0.3) is 0 Å². The lowest BCUT2D eigenvalue weighted by atomic mass is 9.86. The van der Waals surface area contributed by atoms with Gasteiger partial charge in [-0.3, -0.25) is 4.79 Å². The van der Waals surface area contributed by atoms with Crippen LogP contribution >= 0.6 is 12.4 Å². The van der Waals surface area contributed by atoms with E-state index >= 15 is 0 Å². The van der Waals surface area contributed by atoms with E-state index in [1.54, 1.807) is 7.11 Å². The minimum atomic E-state index is -0.304. The van der Waals surface area contributed by atoms with Gasteiger partial charge in [-0.05, 0) is 25.5 Å². The highest BCUT2D eigenvalue weighted by atomic mass is 35.5. The Kier molecular flexibility index (Phi) is 6.82. The molecule has 1 aliphatic heterocycles. The van der Waals surface area contributed by atoms with Crippen molar-refractivity contribution >= 4 is 18.4 Å². The molecule has 0 radical (unpaired) electrons. The molecule has 0 spiro atoms. The minimum Gasteiger partial charge on any atom is -0.496 e. The van der Waals surface area contributed by atoms with Crippen molar-refractivity contribution in [2.45, 2.75) is 31.2 Å². The van der Waals surface area contributed by atoms with Gasteiger partial charge in [0.1, 0.15) is 11.7 Å². The Morgan fingerprint density at radius 3 is 2.65 bits per heavy atom. The van der Waals surface area contributed by atoms with Gasteiger partial charge in [0.2, 0.25) is 0 Å². The first-order valence-corrected chi connectivity index (χ1v) is 6.72. The van der Waals surface area contributed by atoms with Crippen LogP contribution in [0.4, 0.5) is 0 Å². The first-order chi connectivity index (χ1) is 9.27. The maximum atomic E-state index is 12.2. The third kappa shape index (κ3) is 3.64. The summed E-state index contributed by atoms with van der Waals surface area (Å²) < 4.78 is 10.4. The van der Waals surface area contributed by atoms with E-state index in [0.717, 1.165) is 37.1 Å². The number of rotatable bonds is 4. The number of methoxy groups -OCH3 is 2. The third-order valence-corrected chi connectivity index (χ3v) is 3.68. The Morgan fingerprint density at radius 1 is 1.30 bits per heavy atom. The van der Waals surface area contributed by atoms with Gasteiger partial charge in [-0.25, -0.2) is 0 Å². The lowest BCUT2D eigenvalue weighted by Crippen LogP contribution is -2.42. The zero-order chi connectivity index (χ0) is 13.7. The first kappa shape index (κ1) is 16.8. The summed E-state index contributed by atoms with van der Waals surface area (Å²) in [5.74, 6) is 0.232. The second-order valence-corrected chi connectivity index (χ2v) is 4.80. The maximum absolute atomic E-state index is 12.2. The molecule has 0 unspecified atom stereocenters. The highest BCUT2D eigenvalue weighted by Gasteiger charge is 2.33. The lowest BCUT2D eigenvalue weighted by Gasteiger charge is -2.30. The number of nitrogens with one attached hydrogen (secondary N) is 1. The van der Waals surface area contributed by atoms with Gasteiger partial charge in [-0.2, -0.15) is 0 Å². The molecule has 1 aliphatic rings. The predicted octanol–water partition coefficient (Wildman–Crippen LogP) is 2.52. The molecule has 5 heteroatoms. The highest BCUT2D eigenvalue weighted by molar-refractivity contribution is 5.85. The molecular weight excluding hydrogens is 278 g/mol. The molecule has 1 saturated heterocycles. The number of ether oxygens (including phenoxy) is 2. The fourth-order valence-corrected chi connectivity index (χ4v) is 2.72. The molecule has 4 nitrogen and oxygen atoms in total. The molecular formula is C15H22ClNO3. The number of piperidine rings is 1. The first-order valence-electron chi connectivity index (χ1n) is 6.72. The number of carbonyl (C=O) groups excluding carboxylic acids is 1. The molecule has 112 valence electrons. The lowest BCUT2D eigenvalue weighted by molar-refractivity contribution is -0.143. The van der Waals surface area contributed by atoms with E-state index < -0.39 is 0 Å². The maximum Gasteiger partial charge on any atom is 0.314 e. The van der Waals surface area contributed by atoms with E-state index in [0.29, 0.717) is 0 Å². The number of halogens is 1. The van der Waals surface area contributed by atoms with E-state index in [9.17, 15) is 4.79 Å². The standard InChI is InChI=1S/C15H21NO3.ClH/c1-18-13-9-4-3-7-11(13)14(15(17)19-2)12-8-5-6-10-16-12;/h3-4,7,9,12,14,16H,5-6,8,10H2,1-2H3;1H/t12-,14-;/m0./s1. The molecule has 0 saturated carbocycles. The van der Waals surface area contributed by atoms with Crippen LogP contribution in [0.2, 0.25) is 0 Å². The van der Waals surface area contributed by atoms with Gasteiger partial charge in [-0.1, -0.05) is 24.6 Å². The van der Waals surface area contributed by atoms with E-state index in [2.05, 4.69) is 5.32 Å². The molecule has 1 N–H and O–H groups in total. The fourth-order valence-electron chi connectivity index (χ4n) is 2.72. The predicted molar refractivity (Wildman–Crippen MR) is 80.6 cm³/mol. The Hall–Kier alpha value is -1.26. The van der Waals surface area contributed by atoms with Crippen molar-refractivity contribution in [1.82, 2.24) is 5.32 Å². The van der Waals surface area contributed by atoms with Gasteiger partial charge >= 0.3 is 5.97 Å². The molecule has 20 heavy (non-hydrogen) atoms. The van der Waals surface area contributed by atoms with Gasteiger partial charge in [0.15, 0.2) is 0 Å². The minimum absolute atomic E-state index is 0. The van der Waals surface area contributed by atoms with Crippen molar-refractivity contribution in [3.8, 4) is 5.75 Å². The van der Waals surface area contributed by atoms with Crippen LogP contribution in [-0.2, 0) is 9.53 Å². The van der Waals surface area contributed by atoms with Crippen LogP contribution in [0.5, 0.6) is 5.75 Å². The topological polar surface area (TPSA) is 47.6 Å². The van der Waals surface area contributed by atoms with Crippen LogP contribution in [0, 0.1) is 0 Å². The molecule has 0 amide bonds. The highest BCUT2D eigenvalue weighted by Crippen LogP contribution is 2.32. The second-order valence-electron chi connectivity index (χ2n) is 4.80. The summed E-state index contributed by atoms with van der Waals surface area (Å²) in [6, 6.07) is 7.78. The molecule has 0 aromatic heterocycles. The number of hydrogen-bond donors (Lipinski definition) is 1. The average Bonchev–Trinajstić information content (AvgIpc) is 2.49. The SMILES string of the molecule is COC(=O)[C@@H](c1ccccc1OC)[C@@H]1CCCCN1.Cl. The molecule has 0 bridgehead atoms. The average molecular weight is 300 g/mol. The molecule has 1 aromatic carbocycles. The number of hydrogen-bond acceptors (Lipinski definition) is 4. The van der Waals surface area contributed by atoms with Crippen LogP contribution < -0.4 is 10.1 Å². The van der Waals surface area contributed by atoms with Crippen molar-refractivity contribution in [1.29, 1.82) is 0 Å². The van der Waals surface area contributed by atoms with Gasteiger partial charge in [0.05, 0.1) is 14.2 Å². The summed E-state index contributed by atoms with van der Waals surface area (Å²) in [6.45, 7) is 0.952. The van der Waals surface area contributed by atoms with Gasteiger partial charge in [0.25, 0.3) is 0 Å². The van der Waals surface area contributed by atoms with Crippen molar-refractivity contribution in [3.63, 3.8) is 0 Å². The normalized spacial score (nSPS) is 19.6. The number of benzene rings is 1. The van der Waals surface area contributed by atoms with E-state index in [1.807, 2.05) is 24.3 Å². The Morgan fingerprint density at radius 2 is 2.05 bits per heavy atom. The second kappa shape index (κ2) is 8.12. The number of para-hydroxylation sites is 1. The van der Waals surface area contributed by atoms with Gasteiger partial charge in [-0.15, -0.1) is 12.4 Å². The molecule has 1 aromatic rings.